The van der Waals surface area contributed by atoms with Gasteiger partial charge in [-0.25, -0.2) is 4.79 Å². The van der Waals surface area contributed by atoms with Crippen LogP contribution < -0.4 is 10.6 Å². The quantitative estimate of drug-likeness (QED) is 0.0650. The number of hydrogen-bond acceptors (Lipinski definition) is 11. The highest BCUT2D eigenvalue weighted by atomic mass is 16.8. The Labute approximate surface area is 320 Å². The number of esters is 2. The lowest BCUT2D eigenvalue weighted by atomic mass is 9.91. The van der Waals surface area contributed by atoms with Crippen molar-refractivity contribution in [3.63, 3.8) is 0 Å². The summed E-state index contributed by atoms with van der Waals surface area (Å²) in [6.07, 6.45) is 10.4. The van der Waals surface area contributed by atoms with E-state index in [1.807, 2.05) is 0 Å². The molecular formula is C41H62N2O11. The summed E-state index contributed by atoms with van der Waals surface area (Å²) in [5.74, 6) is -2.67. The largest absolute Gasteiger partial charge is 0.499 e. The van der Waals surface area contributed by atoms with Crippen LogP contribution in [-0.4, -0.2) is 96.1 Å². The summed E-state index contributed by atoms with van der Waals surface area (Å²) in [4.78, 5) is 51.9. The highest BCUT2D eigenvalue weighted by Gasteiger charge is 2.52. The Kier molecular flexibility index (Phi) is 18.6. The fraction of sp³-hybridized carbons (Fsp3) is 0.659. The molecule has 4 atom stereocenters. The summed E-state index contributed by atoms with van der Waals surface area (Å²) < 4.78 is 30.0. The second-order valence-electron chi connectivity index (χ2n) is 14.9. The van der Waals surface area contributed by atoms with E-state index in [1.165, 1.54) is 6.26 Å². The molecule has 1 aliphatic heterocycles. The third-order valence-electron chi connectivity index (χ3n) is 9.08. The van der Waals surface area contributed by atoms with E-state index in [0.29, 0.717) is 29.5 Å². The lowest BCUT2D eigenvalue weighted by Crippen LogP contribution is -2.44. The van der Waals surface area contributed by atoms with Crippen molar-refractivity contribution in [2.75, 3.05) is 26.4 Å². The van der Waals surface area contributed by atoms with Gasteiger partial charge in [0, 0.05) is 44.2 Å². The Morgan fingerprint density at radius 3 is 2.39 bits per heavy atom. The van der Waals surface area contributed by atoms with E-state index in [-0.39, 0.29) is 52.0 Å². The van der Waals surface area contributed by atoms with Crippen molar-refractivity contribution < 1.29 is 53.1 Å². The number of hydrogen-bond donors (Lipinski definition) is 4. The van der Waals surface area contributed by atoms with Crippen LogP contribution in [0.15, 0.2) is 42.2 Å². The molecule has 1 fully saturated rings. The minimum absolute atomic E-state index is 0.0163. The van der Waals surface area contributed by atoms with Gasteiger partial charge in [-0.05, 0) is 69.9 Å². The van der Waals surface area contributed by atoms with Gasteiger partial charge in [0.15, 0.2) is 5.79 Å². The van der Waals surface area contributed by atoms with Crippen LogP contribution in [0.3, 0.4) is 0 Å². The predicted octanol–water partition coefficient (Wildman–Crippen LogP) is 5.27. The molecule has 0 saturated carbocycles. The van der Waals surface area contributed by atoms with Crippen LogP contribution in [0.4, 0.5) is 0 Å². The van der Waals surface area contributed by atoms with Crippen LogP contribution in [0.25, 0.3) is 6.08 Å². The second kappa shape index (κ2) is 22.6. The zero-order valence-electron chi connectivity index (χ0n) is 32.7. The Balaban J connectivity index is 1.71. The van der Waals surface area contributed by atoms with Gasteiger partial charge in [0.05, 0.1) is 31.1 Å². The number of aliphatic hydroxyl groups is 2. The molecule has 54 heavy (non-hydrogen) atoms. The summed E-state index contributed by atoms with van der Waals surface area (Å²) in [6.45, 7) is 9.28. The highest BCUT2D eigenvalue weighted by Crippen LogP contribution is 2.43. The fourth-order valence-electron chi connectivity index (χ4n) is 6.42. The molecule has 3 rings (SSSR count). The maximum Gasteiger partial charge on any atom is 0.338 e. The zero-order valence-corrected chi connectivity index (χ0v) is 32.7. The maximum absolute atomic E-state index is 13.6. The molecule has 1 aliphatic carbocycles. The molecule has 1 aromatic rings. The number of fused-ring (bicyclic) bond motifs is 1. The summed E-state index contributed by atoms with van der Waals surface area (Å²) in [5.41, 5.74) is 0.742. The number of benzene rings is 1. The molecule has 4 N–H and O–H groups in total. The minimum Gasteiger partial charge on any atom is -0.499 e. The number of carbonyl (C=O) groups is 4. The van der Waals surface area contributed by atoms with E-state index >= 15 is 0 Å². The normalized spacial score (nSPS) is 19.8. The van der Waals surface area contributed by atoms with Crippen LogP contribution in [0.5, 0.6) is 0 Å². The molecule has 13 heteroatoms. The average molecular weight is 759 g/mol. The lowest BCUT2D eigenvalue weighted by molar-refractivity contribution is -0.190. The van der Waals surface area contributed by atoms with Gasteiger partial charge >= 0.3 is 11.9 Å². The van der Waals surface area contributed by atoms with Gasteiger partial charge in [-0.1, -0.05) is 51.7 Å². The highest BCUT2D eigenvalue weighted by molar-refractivity contribution is 5.94. The molecule has 0 aromatic heterocycles. The van der Waals surface area contributed by atoms with Crippen LogP contribution in [0.1, 0.15) is 128 Å². The molecular weight excluding hydrogens is 696 g/mol. The van der Waals surface area contributed by atoms with Gasteiger partial charge in [-0.2, -0.15) is 0 Å². The number of aliphatic hydroxyl groups excluding tert-OH is 2. The zero-order chi connectivity index (χ0) is 39.6. The van der Waals surface area contributed by atoms with Crippen molar-refractivity contribution in [1.29, 1.82) is 0 Å². The molecule has 1 saturated heterocycles. The number of ether oxygens (including phenoxy) is 5. The van der Waals surface area contributed by atoms with Gasteiger partial charge in [-0.3, -0.25) is 14.4 Å². The third-order valence-corrected chi connectivity index (χ3v) is 9.08. The second-order valence-corrected chi connectivity index (χ2v) is 14.9. The van der Waals surface area contributed by atoms with E-state index in [1.54, 1.807) is 57.2 Å². The topological polar surface area (TPSA) is 179 Å². The van der Waals surface area contributed by atoms with Crippen LogP contribution in [-0.2, 0) is 38.1 Å². The van der Waals surface area contributed by atoms with Crippen molar-refractivity contribution in [1.82, 2.24) is 10.6 Å². The fourth-order valence-corrected chi connectivity index (χ4v) is 6.42. The summed E-state index contributed by atoms with van der Waals surface area (Å²) >= 11 is 0. The first kappa shape index (κ1) is 44.6. The molecule has 0 spiro atoms. The molecule has 1 heterocycles. The standard InChI is InChI=1S/C41H62N2O11/c1-6-8-10-19-41(20-11-9-7-2)52-34-27-31(38(48)42-21-17-35(46)43-32(28-45)15-16-36(47)53-40(3,4)5)26-33(37(34)54-41)51-39(49)30-14-12-13-29(25-30)18-23-50-24-22-44/h12-14,18,23,25,27,32-34,37,44-45H,6-11,15-17,19-22,24,26,28H2,1-5H3,(H,42,48)(H,43,46). The molecule has 4 unspecified atom stereocenters. The van der Waals surface area contributed by atoms with Crippen molar-refractivity contribution in [3.8, 4) is 0 Å². The summed E-state index contributed by atoms with van der Waals surface area (Å²) in [6, 6.07) is 6.21. The molecule has 2 amide bonds. The Bertz CT molecular complexity index is 1410. The molecule has 1 aromatic carbocycles. The number of amides is 2. The van der Waals surface area contributed by atoms with Crippen LogP contribution >= 0.6 is 0 Å². The third kappa shape index (κ3) is 15.2. The molecule has 13 nitrogen and oxygen atoms in total. The number of carbonyl (C=O) groups excluding carboxylic acids is 4. The first-order valence-electron chi connectivity index (χ1n) is 19.5. The average Bonchev–Trinajstić information content (AvgIpc) is 3.50. The summed E-state index contributed by atoms with van der Waals surface area (Å²) in [5, 5.41) is 24.2. The van der Waals surface area contributed by atoms with Crippen LogP contribution in [0.2, 0.25) is 0 Å². The molecule has 2 aliphatic rings. The van der Waals surface area contributed by atoms with Crippen molar-refractivity contribution >= 4 is 29.8 Å². The molecule has 302 valence electrons. The van der Waals surface area contributed by atoms with E-state index in [9.17, 15) is 24.3 Å². The number of nitrogens with one attached hydrogen (secondary N) is 2. The van der Waals surface area contributed by atoms with Crippen LogP contribution in [0, 0.1) is 0 Å². The maximum atomic E-state index is 13.6. The predicted molar refractivity (Wildman–Crippen MR) is 203 cm³/mol. The van der Waals surface area contributed by atoms with E-state index in [0.717, 1.165) is 38.5 Å². The van der Waals surface area contributed by atoms with Gasteiger partial charge in [0.2, 0.25) is 11.8 Å². The first-order valence-corrected chi connectivity index (χ1v) is 19.5. The first-order chi connectivity index (χ1) is 25.8. The van der Waals surface area contributed by atoms with Crippen molar-refractivity contribution in [3.05, 3.63) is 53.3 Å². The van der Waals surface area contributed by atoms with E-state index in [4.69, 9.17) is 28.8 Å². The Morgan fingerprint density at radius 2 is 1.74 bits per heavy atom. The Hall–Kier alpha value is -3.78. The van der Waals surface area contributed by atoms with Crippen molar-refractivity contribution in [2.45, 2.75) is 147 Å². The van der Waals surface area contributed by atoms with Crippen molar-refractivity contribution in [2.24, 2.45) is 0 Å². The number of rotatable bonds is 23. The smallest absolute Gasteiger partial charge is 0.338 e. The SMILES string of the molecule is CCCCCC1(CCCCC)OC2C=C(C(=O)NCCC(=O)NC(CO)CCC(=O)OC(C)(C)C)CC(OC(=O)c3cccc(C=COCCO)c3)C2O1. The van der Waals surface area contributed by atoms with Gasteiger partial charge in [0.1, 0.15) is 30.5 Å². The van der Waals surface area contributed by atoms with E-state index in [2.05, 4.69) is 24.5 Å². The van der Waals surface area contributed by atoms with Gasteiger partial charge in [-0.15, -0.1) is 0 Å². The van der Waals surface area contributed by atoms with Gasteiger partial charge in [0.25, 0.3) is 0 Å². The van der Waals surface area contributed by atoms with E-state index < -0.39 is 59.5 Å². The van der Waals surface area contributed by atoms with Gasteiger partial charge < -0.3 is 44.5 Å². The Morgan fingerprint density at radius 1 is 1.02 bits per heavy atom. The summed E-state index contributed by atoms with van der Waals surface area (Å²) in [7, 11) is 0. The number of unbranched alkanes of at least 4 members (excludes halogenated alkanes) is 4. The minimum atomic E-state index is -0.864. The molecule has 0 radical (unpaired) electrons. The monoisotopic (exact) mass is 758 g/mol. The molecule has 0 bridgehead atoms. The lowest BCUT2D eigenvalue weighted by Gasteiger charge is -2.31.